The summed E-state index contributed by atoms with van der Waals surface area (Å²) in [6.45, 7) is 3.97. The Morgan fingerprint density at radius 3 is 2.40 bits per heavy atom. The molecule has 108 valence electrons. The van der Waals surface area contributed by atoms with E-state index in [1.165, 1.54) is 27.0 Å². The fraction of sp³-hybridized carbons (Fsp3) is 0.400. The first kappa shape index (κ1) is 14.7. The summed E-state index contributed by atoms with van der Waals surface area (Å²) in [6.07, 6.45) is -1.89. The zero-order valence-electron chi connectivity index (χ0n) is 11.7. The highest BCUT2D eigenvalue weighted by Crippen LogP contribution is 2.37. The molecule has 0 unspecified atom stereocenters. The third kappa shape index (κ3) is 3.22. The number of alkyl halides is 2. The maximum Gasteiger partial charge on any atom is 0.360 e. The van der Waals surface area contributed by atoms with E-state index in [1.807, 2.05) is 30.3 Å². The minimum Gasteiger partial charge on any atom is -0.444 e. The van der Waals surface area contributed by atoms with Crippen LogP contribution < -0.4 is 0 Å². The molecule has 0 saturated heterocycles. The Balaban J connectivity index is 2.04. The fourth-order valence-electron chi connectivity index (χ4n) is 1.47. The molecule has 0 spiro atoms. The first-order valence-electron chi connectivity index (χ1n) is 6.31. The summed E-state index contributed by atoms with van der Waals surface area (Å²) in [7, 11) is 0. The van der Waals surface area contributed by atoms with Crippen molar-refractivity contribution < 1.29 is 17.9 Å². The van der Waals surface area contributed by atoms with E-state index in [0.717, 1.165) is 5.56 Å². The van der Waals surface area contributed by atoms with Gasteiger partial charge in [0.25, 0.3) is 0 Å². The summed E-state index contributed by atoms with van der Waals surface area (Å²) in [5.74, 6) is 0.392. The lowest BCUT2D eigenvalue weighted by molar-refractivity contribution is -0.301. The molecule has 0 atom stereocenters. The molecule has 0 aliphatic rings. The van der Waals surface area contributed by atoms with Crippen molar-refractivity contribution in [2.45, 2.75) is 33.5 Å². The first-order chi connectivity index (χ1) is 9.29. The molecule has 5 heteroatoms. The number of halogens is 2. The summed E-state index contributed by atoms with van der Waals surface area (Å²) in [5.41, 5.74) is -0.131. The highest BCUT2D eigenvalue weighted by Gasteiger charge is 2.44. The predicted molar refractivity (Wildman–Crippen MR) is 71.1 cm³/mol. The van der Waals surface area contributed by atoms with Gasteiger partial charge >= 0.3 is 6.11 Å². The molecule has 0 saturated carbocycles. The van der Waals surface area contributed by atoms with Crippen molar-refractivity contribution in [2.75, 3.05) is 0 Å². The number of aromatic nitrogens is 1. The van der Waals surface area contributed by atoms with Gasteiger partial charge in [0.2, 0.25) is 5.89 Å². The minimum absolute atomic E-state index is 0.291. The Hall–Kier alpha value is -1.75. The Kier molecular flexibility index (Phi) is 3.90. The fourth-order valence-corrected chi connectivity index (χ4v) is 1.47. The van der Waals surface area contributed by atoms with Crippen LogP contribution in [0.1, 0.15) is 26.5 Å². The maximum atomic E-state index is 13.7. The van der Waals surface area contributed by atoms with Crippen molar-refractivity contribution in [1.82, 2.24) is 4.98 Å². The van der Waals surface area contributed by atoms with Crippen molar-refractivity contribution in [3.63, 3.8) is 0 Å². The Morgan fingerprint density at radius 2 is 1.80 bits per heavy atom. The molecular formula is C15H17F2NO2. The van der Waals surface area contributed by atoms with Gasteiger partial charge in [0, 0.05) is 5.56 Å². The summed E-state index contributed by atoms with van der Waals surface area (Å²) in [5, 5.41) is 0. The van der Waals surface area contributed by atoms with E-state index < -0.39 is 11.5 Å². The molecule has 0 fully saturated rings. The largest absolute Gasteiger partial charge is 0.444 e. The molecule has 0 N–H and O–H groups in total. The van der Waals surface area contributed by atoms with Crippen LogP contribution in [-0.2, 0) is 11.3 Å². The van der Waals surface area contributed by atoms with E-state index in [9.17, 15) is 8.78 Å². The van der Waals surface area contributed by atoms with Crippen molar-refractivity contribution in [2.24, 2.45) is 5.41 Å². The van der Waals surface area contributed by atoms with E-state index >= 15 is 0 Å². The van der Waals surface area contributed by atoms with Gasteiger partial charge in [-0.05, 0) is 12.1 Å². The Morgan fingerprint density at radius 1 is 1.15 bits per heavy atom. The van der Waals surface area contributed by atoms with Crippen molar-refractivity contribution >= 4 is 0 Å². The summed E-state index contributed by atoms with van der Waals surface area (Å²) in [4.78, 5) is 4.14. The number of hydrogen-bond acceptors (Lipinski definition) is 3. The quantitative estimate of drug-likeness (QED) is 0.827. The molecule has 1 heterocycles. The SMILES string of the molecule is CC(C)(C)C(F)(F)OCc1coc(-c2ccccc2)n1. The molecule has 1 aromatic carbocycles. The molecule has 2 rings (SSSR count). The molecule has 0 aliphatic heterocycles. The minimum atomic E-state index is -3.22. The van der Waals surface area contributed by atoms with Gasteiger partial charge in [-0.1, -0.05) is 39.0 Å². The lowest BCUT2D eigenvalue weighted by Crippen LogP contribution is -2.36. The van der Waals surface area contributed by atoms with Crippen LogP contribution in [0.15, 0.2) is 41.0 Å². The smallest absolute Gasteiger partial charge is 0.360 e. The molecule has 3 nitrogen and oxygen atoms in total. The van der Waals surface area contributed by atoms with Gasteiger partial charge in [-0.2, -0.15) is 8.78 Å². The van der Waals surface area contributed by atoms with Gasteiger partial charge in [-0.15, -0.1) is 0 Å². The van der Waals surface area contributed by atoms with Crippen LogP contribution in [0.2, 0.25) is 0 Å². The van der Waals surface area contributed by atoms with Crippen LogP contribution in [0.25, 0.3) is 11.5 Å². The number of benzene rings is 1. The number of hydrogen-bond donors (Lipinski definition) is 0. The number of ether oxygens (including phenoxy) is 1. The Labute approximate surface area is 116 Å². The van der Waals surface area contributed by atoms with E-state index in [-0.39, 0.29) is 6.61 Å². The average molecular weight is 281 g/mol. The van der Waals surface area contributed by atoms with E-state index in [1.54, 1.807) is 0 Å². The van der Waals surface area contributed by atoms with Crippen LogP contribution >= 0.6 is 0 Å². The number of oxazole rings is 1. The van der Waals surface area contributed by atoms with Crippen LogP contribution in [0, 0.1) is 5.41 Å². The third-order valence-electron chi connectivity index (χ3n) is 2.85. The molecule has 0 aliphatic carbocycles. The summed E-state index contributed by atoms with van der Waals surface area (Å²) >= 11 is 0. The molecule has 0 radical (unpaired) electrons. The van der Waals surface area contributed by atoms with Crippen LogP contribution in [0.4, 0.5) is 8.78 Å². The normalized spacial score (nSPS) is 12.7. The van der Waals surface area contributed by atoms with Gasteiger partial charge in [-0.3, -0.25) is 0 Å². The third-order valence-corrected chi connectivity index (χ3v) is 2.85. The molecular weight excluding hydrogens is 264 g/mol. The van der Waals surface area contributed by atoms with Gasteiger partial charge in [0.15, 0.2) is 0 Å². The number of rotatable bonds is 4. The van der Waals surface area contributed by atoms with Crippen molar-refractivity contribution in [3.8, 4) is 11.5 Å². The average Bonchev–Trinajstić information content (AvgIpc) is 2.85. The highest BCUT2D eigenvalue weighted by molar-refractivity contribution is 5.52. The van der Waals surface area contributed by atoms with Crippen LogP contribution in [0.3, 0.4) is 0 Å². The highest BCUT2D eigenvalue weighted by atomic mass is 19.3. The maximum absolute atomic E-state index is 13.7. The van der Waals surface area contributed by atoms with Crippen molar-refractivity contribution in [1.29, 1.82) is 0 Å². The summed E-state index contributed by atoms with van der Waals surface area (Å²) in [6, 6.07) is 9.24. The van der Waals surface area contributed by atoms with E-state index in [4.69, 9.17) is 4.42 Å². The van der Waals surface area contributed by atoms with Gasteiger partial charge in [0.05, 0.1) is 12.0 Å². The second-order valence-electron chi connectivity index (χ2n) is 5.57. The topological polar surface area (TPSA) is 35.3 Å². The second-order valence-corrected chi connectivity index (χ2v) is 5.57. The zero-order valence-corrected chi connectivity index (χ0v) is 11.7. The lowest BCUT2D eigenvalue weighted by atomic mass is 9.95. The molecule has 20 heavy (non-hydrogen) atoms. The standard InChI is InChI=1S/C15H17F2NO2/c1-14(2,3)15(16,17)20-10-12-9-19-13(18-12)11-7-5-4-6-8-11/h4-9H,10H2,1-3H3. The monoisotopic (exact) mass is 281 g/mol. The van der Waals surface area contributed by atoms with E-state index in [2.05, 4.69) is 9.72 Å². The van der Waals surface area contributed by atoms with Gasteiger partial charge in [0.1, 0.15) is 12.0 Å². The van der Waals surface area contributed by atoms with Gasteiger partial charge < -0.3 is 9.15 Å². The predicted octanol–water partition coefficient (Wildman–Crippen LogP) is 4.50. The number of nitrogens with zero attached hydrogens (tertiary/aromatic N) is 1. The summed E-state index contributed by atoms with van der Waals surface area (Å²) < 4.78 is 37.3. The van der Waals surface area contributed by atoms with Crippen LogP contribution in [-0.4, -0.2) is 11.1 Å². The Bertz CT molecular complexity index is 559. The molecule has 0 bridgehead atoms. The van der Waals surface area contributed by atoms with Crippen molar-refractivity contribution in [3.05, 3.63) is 42.3 Å². The first-order valence-corrected chi connectivity index (χ1v) is 6.31. The molecule has 1 aromatic heterocycles. The zero-order chi connectivity index (χ0) is 14.8. The molecule has 2 aromatic rings. The lowest BCUT2D eigenvalue weighted by Gasteiger charge is -2.29. The second kappa shape index (κ2) is 5.32. The van der Waals surface area contributed by atoms with E-state index in [0.29, 0.717) is 11.6 Å². The van der Waals surface area contributed by atoms with Crippen LogP contribution in [0.5, 0.6) is 0 Å². The molecule has 0 amide bonds. The van der Waals surface area contributed by atoms with Gasteiger partial charge in [-0.25, -0.2) is 4.98 Å².